The number of nitrogens with zero attached hydrogens (tertiary/aromatic N) is 2. The molecule has 0 saturated heterocycles. The van der Waals surface area contributed by atoms with Crippen LogP contribution in [-0.4, -0.2) is 46.8 Å². The predicted molar refractivity (Wildman–Crippen MR) is 117 cm³/mol. The van der Waals surface area contributed by atoms with E-state index in [4.69, 9.17) is 5.11 Å². The van der Waals surface area contributed by atoms with Crippen molar-refractivity contribution in [2.24, 2.45) is 0 Å². The highest BCUT2D eigenvalue weighted by Crippen LogP contribution is 2.34. The summed E-state index contributed by atoms with van der Waals surface area (Å²) in [4.78, 5) is 26.5. The molecule has 1 amide bonds. The molecule has 32 heavy (non-hydrogen) atoms. The van der Waals surface area contributed by atoms with Gasteiger partial charge in [-0.3, -0.25) is 9.10 Å². The van der Waals surface area contributed by atoms with Crippen LogP contribution in [-0.2, 0) is 14.8 Å². The highest BCUT2D eigenvalue weighted by Gasteiger charge is 2.37. The van der Waals surface area contributed by atoms with Crippen LogP contribution < -0.4 is 5.32 Å². The molecule has 0 bridgehead atoms. The molecule has 4 rings (SSSR count). The van der Waals surface area contributed by atoms with Gasteiger partial charge >= 0.3 is 5.97 Å². The van der Waals surface area contributed by atoms with E-state index in [9.17, 15) is 23.1 Å². The number of aliphatic hydroxyl groups excluding tert-OH is 1. The second kappa shape index (κ2) is 9.31. The van der Waals surface area contributed by atoms with E-state index < -0.39 is 27.7 Å². The number of amides is 1. The quantitative estimate of drug-likeness (QED) is 0.554. The lowest BCUT2D eigenvalue weighted by Gasteiger charge is -2.28. The molecular formula is C22H19N3O6S. The molecule has 0 radical (unpaired) electrons. The summed E-state index contributed by atoms with van der Waals surface area (Å²) in [7, 11) is -2.69. The number of hydrogen-bond donors (Lipinski definition) is 3. The summed E-state index contributed by atoms with van der Waals surface area (Å²) in [6.07, 6.45) is 1.49. The van der Waals surface area contributed by atoms with Gasteiger partial charge < -0.3 is 15.5 Å². The molecular weight excluding hydrogens is 434 g/mol. The van der Waals surface area contributed by atoms with Crippen LogP contribution in [0.25, 0.3) is 5.76 Å². The molecule has 3 aromatic rings. The van der Waals surface area contributed by atoms with Crippen LogP contribution in [0, 0.1) is 0 Å². The summed E-state index contributed by atoms with van der Waals surface area (Å²) in [6, 6.07) is 19.2. The van der Waals surface area contributed by atoms with Crippen molar-refractivity contribution < 1.29 is 28.2 Å². The van der Waals surface area contributed by atoms with Crippen molar-refractivity contribution in [1.82, 2.24) is 9.29 Å². The number of carboxylic acids is 1. The van der Waals surface area contributed by atoms with E-state index in [1.54, 1.807) is 60.7 Å². The summed E-state index contributed by atoms with van der Waals surface area (Å²) in [5.74, 6) is -1.79. The first-order chi connectivity index (χ1) is 15.2. The van der Waals surface area contributed by atoms with E-state index in [1.807, 2.05) is 0 Å². The zero-order valence-electron chi connectivity index (χ0n) is 16.8. The average molecular weight is 453 g/mol. The Morgan fingerprint density at radius 2 is 1.56 bits per heavy atom. The van der Waals surface area contributed by atoms with Crippen molar-refractivity contribution in [3.8, 4) is 0 Å². The Morgan fingerprint density at radius 1 is 0.938 bits per heavy atom. The zero-order chi connectivity index (χ0) is 23.3. The van der Waals surface area contributed by atoms with Crippen molar-refractivity contribution in [2.75, 3.05) is 12.4 Å². The van der Waals surface area contributed by atoms with Gasteiger partial charge in [0.1, 0.15) is 5.82 Å². The van der Waals surface area contributed by atoms with Crippen molar-refractivity contribution in [3.05, 3.63) is 95.8 Å². The van der Waals surface area contributed by atoms with Crippen molar-refractivity contribution in [2.45, 2.75) is 4.90 Å². The molecule has 0 atom stereocenters. The van der Waals surface area contributed by atoms with Gasteiger partial charge in [0.2, 0.25) is 0 Å². The summed E-state index contributed by atoms with van der Waals surface area (Å²) in [5.41, 5.74) is 0.0728. The normalized spacial score (nSPS) is 14.0. The molecule has 2 aromatic carbocycles. The van der Waals surface area contributed by atoms with Gasteiger partial charge in [-0.2, -0.15) is 0 Å². The fraction of sp³-hybridized carbons (Fsp3) is 0.0455. The topological polar surface area (TPSA) is 137 Å². The summed E-state index contributed by atoms with van der Waals surface area (Å²) in [5, 5.41) is 21.2. The Kier molecular flexibility index (Phi) is 6.55. The number of rotatable bonds is 3. The first-order valence-electron chi connectivity index (χ1n) is 9.25. The van der Waals surface area contributed by atoms with Crippen LogP contribution in [0.15, 0.2) is 89.6 Å². The van der Waals surface area contributed by atoms with Gasteiger partial charge in [0.05, 0.1) is 10.5 Å². The number of aliphatic hydroxyl groups is 1. The van der Waals surface area contributed by atoms with Gasteiger partial charge in [0.25, 0.3) is 15.9 Å². The molecule has 3 N–H and O–H groups in total. The van der Waals surface area contributed by atoms with E-state index in [1.165, 1.54) is 25.4 Å². The standard InChI is InChI=1S/C15H13N3O4S.C7H6O2/c1-18-13(15(20)17-12-8-4-5-9-16-12)14(19)10-6-2-3-7-11(10)23(18,21)22;8-7(9)6-4-2-1-3-5-6/h2-9,19H,1H3,(H,16,17,20);1-5H,(H,8,9). The van der Waals surface area contributed by atoms with Gasteiger partial charge in [-0.15, -0.1) is 0 Å². The Labute approximate surface area is 184 Å². The monoisotopic (exact) mass is 453 g/mol. The third-order valence-electron chi connectivity index (χ3n) is 4.46. The molecule has 0 aliphatic carbocycles. The molecule has 1 aliphatic heterocycles. The SMILES string of the molecule is CN1C(C(=O)Nc2ccccn2)=C(O)c2ccccc2S1(=O)=O.O=C(O)c1ccccc1. The number of hydrogen-bond acceptors (Lipinski definition) is 6. The third-order valence-corrected chi connectivity index (χ3v) is 6.28. The number of carboxylic acid groups (broad SMARTS) is 1. The minimum Gasteiger partial charge on any atom is -0.505 e. The zero-order valence-corrected chi connectivity index (χ0v) is 17.7. The number of anilines is 1. The Bertz CT molecular complexity index is 1280. The fourth-order valence-corrected chi connectivity index (χ4v) is 4.27. The predicted octanol–water partition coefficient (Wildman–Crippen LogP) is 2.97. The van der Waals surface area contributed by atoms with E-state index in [-0.39, 0.29) is 22.0 Å². The molecule has 0 unspecified atom stereocenters. The van der Waals surface area contributed by atoms with Crippen LogP contribution in [0.1, 0.15) is 15.9 Å². The van der Waals surface area contributed by atoms with E-state index in [2.05, 4.69) is 10.3 Å². The smallest absolute Gasteiger partial charge is 0.335 e. The molecule has 0 spiro atoms. The maximum Gasteiger partial charge on any atom is 0.335 e. The number of benzene rings is 2. The Morgan fingerprint density at radius 3 is 2.16 bits per heavy atom. The number of likely N-dealkylation sites (N-methyl/N-ethyl adjacent to an activating group) is 1. The Balaban J connectivity index is 0.000000269. The van der Waals surface area contributed by atoms with Crippen LogP contribution in [0.4, 0.5) is 5.82 Å². The number of fused-ring (bicyclic) bond motifs is 1. The number of aromatic nitrogens is 1. The average Bonchev–Trinajstić information content (AvgIpc) is 2.80. The van der Waals surface area contributed by atoms with Crippen molar-refractivity contribution in [1.29, 1.82) is 0 Å². The van der Waals surface area contributed by atoms with Crippen LogP contribution >= 0.6 is 0 Å². The van der Waals surface area contributed by atoms with Crippen LogP contribution in [0.5, 0.6) is 0 Å². The number of carbonyl (C=O) groups is 2. The number of aromatic carboxylic acids is 1. The minimum atomic E-state index is -3.91. The number of sulfonamides is 1. The van der Waals surface area contributed by atoms with Gasteiger partial charge in [-0.1, -0.05) is 36.4 Å². The van der Waals surface area contributed by atoms with E-state index in [0.29, 0.717) is 5.56 Å². The third kappa shape index (κ3) is 4.60. The fourth-order valence-electron chi connectivity index (χ4n) is 2.88. The second-order valence-corrected chi connectivity index (χ2v) is 8.44. The maximum atomic E-state index is 12.5. The van der Waals surface area contributed by atoms with Crippen molar-refractivity contribution >= 4 is 33.5 Å². The highest BCUT2D eigenvalue weighted by atomic mass is 32.2. The summed E-state index contributed by atoms with van der Waals surface area (Å²) >= 11 is 0. The van der Waals surface area contributed by atoms with E-state index in [0.717, 1.165) is 4.31 Å². The van der Waals surface area contributed by atoms with Crippen LogP contribution in [0.2, 0.25) is 0 Å². The summed E-state index contributed by atoms with van der Waals surface area (Å²) < 4.78 is 25.8. The summed E-state index contributed by atoms with van der Waals surface area (Å²) in [6.45, 7) is 0. The lowest BCUT2D eigenvalue weighted by Crippen LogP contribution is -2.37. The lowest BCUT2D eigenvalue weighted by molar-refractivity contribution is -0.113. The number of carbonyl (C=O) groups excluding carboxylic acids is 1. The van der Waals surface area contributed by atoms with Gasteiger partial charge in [0.15, 0.2) is 11.5 Å². The molecule has 1 aliphatic rings. The van der Waals surface area contributed by atoms with Gasteiger partial charge in [0, 0.05) is 18.8 Å². The molecule has 1 aromatic heterocycles. The molecule has 10 heteroatoms. The largest absolute Gasteiger partial charge is 0.505 e. The maximum absolute atomic E-state index is 12.5. The first-order valence-corrected chi connectivity index (χ1v) is 10.7. The number of nitrogens with one attached hydrogen (secondary N) is 1. The Hall–Kier alpha value is -4.18. The molecule has 164 valence electrons. The first kappa shape index (κ1) is 22.5. The van der Waals surface area contributed by atoms with Crippen molar-refractivity contribution in [3.63, 3.8) is 0 Å². The molecule has 0 saturated carbocycles. The minimum absolute atomic E-state index is 0.0469. The molecule has 9 nitrogen and oxygen atoms in total. The molecule has 0 fully saturated rings. The van der Waals surface area contributed by atoms with Crippen LogP contribution in [0.3, 0.4) is 0 Å². The molecule has 2 heterocycles. The van der Waals surface area contributed by atoms with Gasteiger partial charge in [-0.05, 0) is 36.4 Å². The van der Waals surface area contributed by atoms with E-state index >= 15 is 0 Å². The van der Waals surface area contributed by atoms with Gasteiger partial charge in [-0.25, -0.2) is 18.2 Å². The number of pyridine rings is 1. The second-order valence-electron chi connectivity index (χ2n) is 6.51. The lowest BCUT2D eigenvalue weighted by atomic mass is 10.1. The highest BCUT2D eigenvalue weighted by molar-refractivity contribution is 7.89.